The van der Waals surface area contributed by atoms with E-state index in [2.05, 4.69) is 5.32 Å². The van der Waals surface area contributed by atoms with E-state index in [1.165, 1.54) is 0 Å². The number of nitrogens with zero attached hydrogens (tertiary/aromatic N) is 1. The van der Waals surface area contributed by atoms with Gasteiger partial charge in [-0.25, -0.2) is 0 Å². The van der Waals surface area contributed by atoms with Crippen molar-refractivity contribution >= 4 is 11.8 Å². The van der Waals surface area contributed by atoms with Crippen LogP contribution < -0.4 is 11.1 Å². The lowest BCUT2D eigenvalue weighted by molar-refractivity contribution is -0.128. The predicted octanol–water partition coefficient (Wildman–Crippen LogP) is -0.928. The molecule has 5 nitrogen and oxygen atoms in total. The minimum Gasteiger partial charge on any atom is -0.351 e. The van der Waals surface area contributed by atoms with Gasteiger partial charge in [0.1, 0.15) is 0 Å². The second kappa shape index (κ2) is 4.95. The number of carbonyl (C=O) groups excluding carboxylic acids is 2. The SMILES string of the molecule is CC(CN1CCCC1=O)NC(=O)CN. The topological polar surface area (TPSA) is 75.4 Å². The summed E-state index contributed by atoms with van der Waals surface area (Å²) in [6, 6.07) is -0.0203. The van der Waals surface area contributed by atoms with E-state index < -0.39 is 0 Å². The van der Waals surface area contributed by atoms with Crippen molar-refractivity contribution in [3.8, 4) is 0 Å². The molecule has 0 spiro atoms. The molecular weight excluding hydrogens is 182 g/mol. The van der Waals surface area contributed by atoms with E-state index in [1.807, 2.05) is 6.92 Å². The number of carbonyl (C=O) groups is 2. The Morgan fingerprint density at radius 2 is 2.43 bits per heavy atom. The lowest BCUT2D eigenvalue weighted by atomic mass is 10.3. The summed E-state index contributed by atoms with van der Waals surface area (Å²) in [5.41, 5.74) is 5.16. The van der Waals surface area contributed by atoms with E-state index in [-0.39, 0.29) is 24.4 Å². The number of hydrogen-bond donors (Lipinski definition) is 2. The standard InChI is InChI=1S/C9H17N3O2/c1-7(11-8(13)5-10)6-12-4-2-3-9(12)14/h7H,2-6,10H2,1H3,(H,11,13). The van der Waals surface area contributed by atoms with Gasteiger partial charge in [0.25, 0.3) is 0 Å². The van der Waals surface area contributed by atoms with Gasteiger partial charge in [0.15, 0.2) is 0 Å². The third kappa shape index (κ3) is 2.99. The van der Waals surface area contributed by atoms with Crippen LogP contribution in [0.5, 0.6) is 0 Å². The Kier molecular flexibility index (Phi) is 3.88. The summed E-state index contributed by atoms with van der Waals surface area (Å²) in [6.07, 6.45) is 1.56. The molecule has 1 atom stereocenters. The van der Waals surface area contributed by atoms with Crippen molar-refractivity contribution < 1.29 is 9.59 Å². The molecule has 1 rings (SSSR count). The Labute approximate surface area is 83.6 Å². The fraction of sp³-hybridized carbons (Fsp3) is 0.778. The Morgan fingerprint density at radius 1 is 1.71 bits per heavy atom. The summed E-state index contributed by atoms with van der Waals surface area (Å²) in [7, 11) is 0. The van der Waals surface area contributed by atoms with E-state index in [0.717, 1.165) is 13.0 Å². The van der Waals surface area contributed by atoms with Gasteiger partial charge in [0.2, 0.25) is 11.8 Å². The smallest absolute Gasteiger partial charge is 0.234 e. The van der Waals surface area contributed by atoms with Crippen molar-refractivity contribution in [1.82, 2.24) is 10.2 Å². The highest BCUT2D eigenvalue weighted by atomic mass is 16.2. The van der Waals surface area contributed by atoms with Gasteiger partial charge in [-0.05, 0) is 13.3 Å². The van der Waals surface area contributed by atoms with Gasteiger partial charge in [-0.1, -0.05) is 0 Å². The predicted molar refractivity (Wildman–Crippen MR) is 52.5 cm³/mol. The summed E-state index contributed by atoms with van der Waals surface area (Å²) >= 11 is 0. The van der Waals surface area contributed by atoms with Crippen LogP contribution in [-0.4, -0.2) is 42.4 Å². The molecule has 0 bridgehead atoms. The van der Waals surface area contributed by atoms with Gasteiger partial charge >= 0.3 is 0 Å². The van der Waals surface area contributed by atoms with E-state index in [0.29, 0.717) is 13.0 Å². The largest absolute Gasteiger partial charge is 0.351 e. The fourth-order valence-corrected chi connectivity index (χ4v) is 1.61. The van der Waals surface area contributed by atoms with Gasteiger partial charge in [-0.15, -0.1) is 0 Å². The molecule has 1 fully saturated rings. The quantitative estimate of drug-likeness (QED) is 0.614. The zero-order valence-corrected chi connectivity index (χ0v) is 8.45. The molecule has 0 radical (unpaired) electrons. The molecule has 0 aliphatic carbocycles. The van der Waals surface area contributed by atoms with Crippen LogP contribution in [0.1, 0.15) is 19.8 Å². The third-order valence-electron chi connectivity index (χ3n) is 2.26. The third-order valence-corrected chi connectivity index (χ3v) is 2.26. The van der Waals surface area contributed by atoms with Gasteiger partial charge in [-0.2, -0.15) is 0 Å². The Hall–Kier alpha value is -1.10. The van der Waals surface area contributed by atoms with Crippen molar-refractivity contribution in [1.29, 1.82) is 0 Å². The molecule has 0 aromatic heterocycles. The highest BCUT2D eigenvalue weighted by molar-refractivity contribution is 5.79. The van der Waals surface area contributed by atoms with Gasteiger partial charge in [-0.3, -0.25) is 9.59 Å². The van der Waals surface area contributed by atoms with Crippen molar-refractivity contribution in [3.05, 3.63) is 0 Å². The van der Waals surface area contributed by atoms with Crippen molar-refractivity contribution in [2.75, 3.05) is 19.6 Å². The zero-order valence-electron chi connectivity index (χ0n) is 8.45. The Morgan fingerprint density at radius 3 is 2.93 bits per heavy atom. The molecule has 1 aliphatic heterocycles. The van der Waals surface area contributed by atoms with Crippen LogP contribution in [0.4, 0.5) is 0 Å². The number of rotatable bonds is 4. The van der Waals surface area contributed by atoms with Gasteiger partial charge in [0, 0.05) is 25.6 Å². The average molecular weight is 199 g/mol. The molecule has 5 heteroatoms. The molecule has 3 N–H and O–H groups in total. The molecule has 1 unspecified atom stereocenters. The monoisotopic (exact) mass is 199 g/mol. The maximum Gasteiger partial charge on any atom is 0.234 e. The summed E-state index contributed by atoms with van der Waals surface area (Å²) < 4.78 is 0. The van der Waals surface area contributed by atoms with Crippen LogP contribution in [0.25, 0.3) is 0 Å². The lowest BCUT2D eigenvalue weighted by Gasteiger charge is -2.21. The van der Waals surface area contributed by atoms with Gasteiger partial charge in [0.05, 0.1) is 6.54 Å². The lowest BCUT2D eigenvalue weighted by Crippen LogP contribution is -2.44. The number of nitrogens with two attached hydrogens (primary N) is 1. The van der Waals surface area contributed by atoms with Crippen LogP contribution in [-0.2, 0) is 9.59 Å². The maximum absolute atomic E-state index is 11.3. The summed E-state index contributed by atoms with van der Waals surface area (Å²) in [5.74, 6) is 0.00277. The number of nitrogens with one attached hydrogen (secondary N) is 1. The number of likely N-dealkylation sites (tertiary alicyclic amines) is 1. The van der Waals surface area contributed by atoms with E-state index in [9.17, 15) is 9.59 Å². The fourth-order valence-electron chi connectivity index (χ4n) is 1.61. The van der Waals surface area contributed by atoms with E-state index >= 15 is 0 Å². The second-order valence-corrected chi connectivity index (χ2v) is 3.62. The Bertz CT molecular complexity index is 230. The average Bonchev–Trinajstić information content (AvgIpc) is 2.51. The van der Waals surface area contributed by atoms with Crippen LogP contribution in [0, 0.1) is 0 Å². The first kappa shape index (κ1) is 11.0. The first-order valence-corrected chi connectivity index (χ1v) is 4.90. The minimum absolute atomic E-state index is 0.00170. The maximum atomic E-state index is 11.3. The van der Waals surface area contributed by atoms with E-state index in [4.69, 9.17) is 5.73 Å². The zero-order chi connectivity index (χ0) is 10.6. The van der Waals surface area contributed by atoms with E-state index in [1.54, 1.807) is 4.90 Å². The van der Waals surface area contributed by atoms with Crippen LogP contribution in [0.15, 0.2) is 0 Å². The van der Waals surface area contributed by atoms with Crippen molar-refractivity contribution in [3.63, 3.8) is 0 Å². The summed E-state index contributed by atoms with van der Waals surface area (Å²) in [5, 5.41) is 2.72. The van der Waals surface area contributed by atoms with Crippen molar-refractivity contribution in [2.45, 2.75) is 25.8 Å². The first-order chi connectivity index (χ1) is 6.63. The van der Waals surface area contributed by atoms with Crippen LogP contribution >= 0.6 is 0 Å². The van der Waals surface area contributed by atoms with Crippen LogP contribution in [0.2, 0.25) is 0 Å². The molecule has 80 valence electrons. The van der Waals surface area contributed by atoms with Crippen LogP contribution in [0.3, 0.4) is 0 Å². The minimum atomic E-state index is -0.177. The molecule has 2 amide bonds. The second-order valence-electron chi connectivity index (χ2n) is 3.62. The highest BCUT2D eigenvalue weighted by Gasteiger charge is 2.21. The molecule has 1 heterocycles. The molecule has 14 heavy (non-hydrogen) atoms. The normalized spacial score (nSPS) is 18.4. The van der Waals surface area contributed by atoms with Gasteiger partial charge < -0.3 is 16.0 Å². The summed E-state index contributed by atoms with van der Waals surface area (Å²) in [6.45, 7) is 3.27. The Balaban J connectivity index is 2.29. The number of hydrogen-bond acceptors (Lipinski definition) is 3. The molecule has 0 aromatic carbocycles. The number of amides is 2. The van der Waals surface area contributed by atoms with Crippen molar-refractivity contribution in [2.24, 2.45) is 5.73 Å². The molecule has 1 aliphatic rings. The molecule has 0 saturated carbocycles. The highest BCUT2D eigenvalue weighted by Crippen LogP contribution is 2.09. The molecule has 0 aromatic rings. The molecular formula is C9H17N3O2. The summed E-state index contributed by atoms with van der Waals surface area (Å²) in [4.78, 5) is 24.0. The first-order valence-electron chi connectivity index (χ1n) is 4.90. The molecule has 1 saturated heterocycles.